The van der Waals surface area contributed by atoms with Gasteiger partial charge in [0.2, 0.25) is 0 Å². The number of aliphatic hydroxyl groups excluding tert-OH is 1. The van der Waals surface area contributed by atoms with E-state index >= 15 is 0 Å². The van der Waals surface area contributed by atoms with Crippen LogP contribution in [0.2, 0.25) is 0 Å². The first-order chi connectivity index (χ1) is 16.1. The molecule has 1 aliphatic rings. The number of nitrogens with zero attached hydrogens (tertiary/aromatic N) is 3. The number of carbonyl (C=O) groups excluding carboxylic acids is 1. The second kappa shape index (κ2) is 12.1. The molecule has 0 bridgehead atoms. The number of nitrogens with two attached hydrogens (primary N) is 2. The van der Waals surface area contributed by atoms with Gasteiger partial charge in [0.05, 0.1) is 13.2 Å². The molecule has 34 heavy (non-hydrogen) atoms. The molecule has 0 fully saturated rings. The van der Waals surface area contributed by atoms with Gasteiger partial charge in [-0.3, -0.25) is 15.1 Å². The van der Waals surface area contributed by atoms with E-state index in [0.717, 1.165) is 17.5 Å². The first kappa shape index (κ1) is 26.7. The van der Waals surface area contributed by atoms with Gasteiger partial charge in [-0.25, -0.2) is 9.98 Å². The number of hydrogen-bond donors (Lipinski definition) is 4. The molecule has 0 radical (unpaired) electrons. The third-order valence-corrected chi connectivity index (χ3v) is 4.70. The Morgan fingerprint density at radius 2 is 2.12 bits per heavy atom. The minimum Gasteiger partial charge on any atom is -0.491 e. The minimum absolute atomic E-state index is 0.0957. The number of amidine groups is 1. The third kappa shape index (κ3) is 6.99. The predicted octanol–water partition coefficient (Wildman–Crippen LogP) is 2.73. The molecule has 12 heteroatoms. The number of carbonyl (C=O) groups is 1. The zero-order valence-corrected chi connectivity index (χ0v) is 18.6. The maximum Gasteiger partial charge on any atom is 0.389 e. The monoisotopic (exact) mass is 480 g/mol. The summed E-state index contributed by atoms with van der Waals surface area (Å²) in [5.74, 6) is 0.792. The van der Waals surface area contributed by atoms with Crippen molar-refractivity contribution in [1.29, 1.82) is 5.41 Å². The normalized spacial score (nSPS) is 13.3. The van der Waals surface area contributed by atoms with Gasteiger partial charge in [-0.2, -0.15) is 13.2 Å². The fourth-order valence-corrected chi connectivity index (χ4v) is 3.21. The van der Waals surface area contributed by atoms with E-state index in [-0.39, 0.29) is 37.9 Å². The van der Waals surface area contributed by atoms with Crippen molar-refractivity contribution in [1.82, 2.24) is 4.98 Å². The molecule has 184 valence electrons. The molecule has 0 unspecified atom stereocenters. The molecule has 0 atom stereocenters. The second-order valence-corrected chi connectivity index (χ2v) is 7.17. The number of anilines is 1. The molecule has 2 heterocycles. The van der Waals surface area contributed by atoms with Crippen LogP contribution in [0.15, 0.2) is 35.3 Å². The van der Waals surface area contributed by atoms with Gasteiger partial charge in [0.1, 0.15) is 30.2 Å². The molecule has 2 aromatic rings. The number of benzene rings is 1. The molecular formula is C22H27F3N6O3. The van der Waals surface area contributed by atoms with E-state index in [1.165, 1.54) is 11.8 Å². The van der Waals surface area contributed by atoms with Gasteiger partial charge < -0.3 is 21.3 Å². The summed E-state index contributed by atoms with van der Waals surface area (Å²) in [4.78, 5) is 22.6. The van der Waals surface area contributed by atoms with E-state index in [4.69, 9.17) is 26.7 Å². The highest BCUT2D eigenvalue weighted by molar-refractivity contribution is 6.10. The van der Waals surface area contributed by atoms with Crippen LogP contribution in [0, 0.1) is 5.41 Å². The van der Waals surface area contributed by atoms with E-state index in [2.05, 4.69) is 9.98 Å². The Morgan fingerprint density at radius 3 is 2.68 bits per heavy atom. The summed E-state index contributed by atoms with van der Waals surface area (Å²) < 4.78 is 38.6. The summed E-state index contributed by atoms with van der Waals surface area (Å²) in [6.45, 7) is 2.11. The average Bonchev–Trinajstić information content (AvgIpc) is 3.13. The molecule has 6 N–H and O–H groups in total. The number of halogens is 3. The van der Waals surface area contributed by atoms with E-state index in [1.54, 1.807) is 30.3 Å². The average molecular weight is 480 g/mol. The summed E-state index contributed by atoms with van der Waals surface area (Å²) >= 11 is 0. The number of aliphatic hydroxyl groups is 1. The van der Waals surface area contributed by atoms with Crippen molar-refractivity contribution in [3.8, 4) is 5.75 Å². The molecule has 3 rings (SSSR count). The van der Waals surface area contributed by atoms with Crippen LogP contribution in [0.1, 0.15) is 46.9 Å². The fourth-order valence-electron chi connectivity index (χ4n) is 3.21. The highest BCUT2D eigenvalue weighted by Gasteiger charge is 2.32. The van der Waals surface area contributed by atoms with Crippen LogP contribution in [0.3, 0.4) is 0 Å². The number of alkyl halides is 3. The molecule has 1 aromatic carbocycles. The summed E-state index contributed by atoms with van der Waals surface area (Å²) in [6.07, 6.45) is -3.59. The number of aromatic nitrogens is 1. The summed E-state index contributed by atoms with van der Waals surface area (Å²) in [7, 11) is 0. The topological polar surface area (TPSA) is 151 Å². The SMILES string of the molecule is CCCC(F)(F)F.N=CN=C(N)c1cccc(N2Cc3c(CN)cc(OCCO)cc3C2=O)n1. The van der Waals surface area contributed by atoms with Crippen molar-refractivity contribution in [3.05, 3.63) is 52.7 Å². The van der Waals surface area contributed by atoms with Crippen molar-refractivity contribution in [3.63, 3.8) is 0 Å². The number of amides is 1. The van der Waals surface area contributed by atoms with Gasteiger partial charge in [0, 0.05) is 18.5 Å². The van der Waals surface area contributed by atoms with Crippen LogP contribution in [-0.2, 0) is 13.1 Å². The molecule has 0 aliphatic carbocycles. The quantitative estimate of drug-likeness (QED) is 0.337. The van der Waals surface area contributed by atoms with Crippen LogP contribution in [-0.4, -0.2) is 47.6 Å². The molecule has 0 saturated carbocycles. The van der Waals surface area contributed by atoms with E-state index in [1.807, 2.05) is 0 Å². The van der Waals surface area contributed by atoms with Gasteiger partial charge in [-0.1, -0.05) is 13.0 Å². The number of hydrogen-bond acceptors (Lipinski definition) is 6. The Hall–Kier alpha value is -3.51. The number of pyridine rings is 1. The standard InChI is InChI=1S/C18H20N6O3.C4H7F3/c19-8-11-6-12(27-5-4-25)7-13-14(11)9-24(18(13)26)16-3-1-2-15(23-16)17(21)22-10-20;1-2-3-4(5,6)7/h1-3,6-7,10,25H,4-5,8-9,19H2,(H3,20,21,22);2-3H2,1H3. The Kier molecular flexibility index (Phi) is 9.51. The number of ether oxygens (including phenoxy) is 1. The Labute approximate surface area is 194 Å². The van der Waals surface area contributed by atoms with Gasteiger partial charge in [-0.15, -0.1) is 0 Å². The molecule has 1 amide bonds. The van der Waals surface area contributed by atoms with Crippen LogP contribution < -0.4 is 21.1 Å². The molecule has 0 saturated heterocycles. The van der Waals surface area contributed by atoms with Crippen LogP contribution >= 0.6 is 0 Å². The van der Waals surface area contributed by atoms with E-state index in [9.17, 15) is 18.0 Å². The zero-order valence-electron chi connectivity index (χ0n) is 18.6. The minimum atomic E-state index is -3.95. The highest BCUT2D eigenvalue weighted by Crippen LogP contribution is 2.33. The lowest BCUT2D eigenvalue weighted by Gasteiger charge is -2.15. The van der Waals surface area contributed by atoms with Crippen LogP contribution in [0.25, 0.3) is 0 Å². The van der Waals surface area contributed by atoms with Crippen LogP contribution in [0.5, 0.6) is 5.75 Å². The summed E-state index contributed by atoms with van der Waals surface area (Å²) in [5, 5.41) is 15.9. The Bertz CT molecular complexity index is 1040. The number of nitrogens with one attached hydrogen (secondary N) is 1. The summed E-state index contributed by atoms with van der Waals surface area (Å²) in [6, 6.07) is 8.52. The summed E-state index contributed by atoms with van der Waals surface area (Å²) in [5.41, 5.74) is 14.1. The lowest BCUT2D eigenvalue weighted by Crippen LogP contribution is -2.25. The van der Waals surface area contributed by atoms with Crippen molar-refractivity contribution in [2.75, 3.05) is 18.1 Å². The van der Waals surface area contributed by atoms with Crippen molar-refractivity contribution < 1.29 is 27.8 Å². The number of fused-ring (bicyclic) bond motifs is 1. The van der Waals surface area contributed by atoms with Gasteiger partial charge in [-0.05, 0) is 41.8 Å². The lowest BCUT2D eigenvalue weighted by molar-refractivity contribution is -0.134. The molecule has 0 spiro atoms. The van der Waals surface area contributed by atoms with Crippen molar-refractivity contribution >= 4 is 23.9 Å². The molecule has 9 nitrogen and oxygen atoms in total. The maximum absolute atomic E-state index is 12.9. The first-order valence-electron chi connectivity index (χ1n) is 10.4. The van der Waals surface area contributed by atoms with Crippen molar-refractivity contribution in [2.24, 2.45) is 16.5 Å². The van der Waals surface area contributed by atoms with Gasteiger partial charge in [0.25, 0.3) is 5.91 Å². The van der Waals surface area contributed by atoms with Crippen LogP contribution in [0.4, 0.5) is 19.0 Å². The van der Waals surface area contributed by atoms with E-state index in [0.29, 0.717) is 29.4 Å². The third-order valence-electron chi connectivity index (χ3n) is 4.70. The molecular weight excluding hydrogens is 453 g/mol. The molecule has 1 aromatic heterocycles. The number of aliphatic imine (C=N–C) groups is 1. The van der Waals surface area contributed by atoms with Crippen molar-refractivity contribution in [2.45, 2.75) is 39.0 Å². The zero-order chi connectivity index (χ0) is 25.3. The number of rotatable bonds is 8. The van der Waals surface area contributed by atoms with E-state index < -0.39 is 12.6 Å². The highest BCUT2D eigenvalue weighted by atomic mass is 19.4. The lowest BCUT2D eigenvalue weighted by atomic mass is 10.0. The maximum atomic E-state index is 12.9. The molecule has 1 aliphatic heterocycles. The Morgan fingerprint density at radius 1 is 1.38 bits per heavy atom. The first-order valence-corrected chi connectivity index (χ1v) is 10.4. The predicted molar refractivity (Wildman–Crippen MR) is 122 cm³/mol. The Balaban J connectivity index is 0.000000509. The largest absolute Gasteiger partial charge is 0.491 e. The second-order valence-electron chi connectivity index (χ2n) is 7.17. The van der Waals surface area contributed by atoms with Gasteiger partial charge >= 0.3 is 6.18 Å². The van der Waals surface area contributed by atoms with Gasteiger partial charge in [0.15, 0.2) is 5.84 Å². The fraction of sp³-hybridized carbons (Fsp3) is 0.364. The smallest absolute Gasteiger partial charge is 0.389 e.